The van der Waals surface area contributed by atoms with E-state index in [1.165, 1.54) is 0 Å². The number of carbonyl (C=O) groups excluding carboxylic acids is 2. The summed E-state index contributed by atoms with van der Waals surface area (Å²) in [5.74, 6) is 0.148. The van der Waals surface area contributed by atoms with Gasteiger partial charge in [-0.3, -0.25) is 9.69 Å². The van der Waals surface area contributed by atoms with Crippen LogP contribution in [0.1, 0.15) is 27.2 Å². The first-order valence-corrected chi connectivity index (χ1v) is 9.95. The van der Waals surface area contributed by atoms with Crippen molar-refractivity contribution in [1.29, 1.82) is 0 Å². The third kappa shape index (κ3) is 6.26. The van der Waals surface area contributed by atoms with Crippen molar-refractivity contribution in [3.63, 3.8) is 0 Å². The molecule has 2 rings (SSSR count). The van der Waals surface area contributed by atoms with Gasteiger partial charge in [-0.05, 0) is 31.4 Å². The summed E-state index contributed by atoms with van der Waals surface area (Å²) in [5.41, 5.74) is 0.495. The maximum Gasteiger partial charge on any atom is 0.409 e. The Kier molecular flexibility index (Phi) is 8.20. The molecule has 1 aromatic rings. The summed E-state index contributed by atoms with van der Waals surface area (Å²) in [5, 5.41) is 3.56. The molecule has 150 valence electrons. The standard InChI is InChI=1S/C19H27Cl2N3O3/c1-13(2)12-27-19(26)24-9-5-8-23(10-11-24)14(3)18(25)22-16-7-4-6-15(20)17(16)21/h4,6-7,13-14H,5,8-12H2,1-3H3,(H,22,25). The second kappa shape index (κ2) is 10.2. The second-order valence-electron chi connectivity index (χ2n) is 7.11. The highest BCUT2D eigenvalue weighted by molar-refractivity contribution is 6.44. The van der Waals surface area contributed by atoms with Crippen molar-refractivity contribution < 1.29 is 14.3 Å². The van der Waals surface area contributed by atoms with Crippen LogP contribution in [0.2, 0.25) is 10.0 Å². The third-order valence-corrected chi connectivity index (χ3v) is 5.28. The lowest BCUT2D eigenvalue weighted by molar-refractivity contribution is -0.120. The number of hydrogen-bond donors (Lipinski definition) is 1. The van der Waals surface area contributed by atoms with Crippen LogP contribution >= 0.6 is 23.2 Å². The third-order valence-electron chi connectivity index (χ3n) is 4.47. The number of ether oxygens (including phenoxy) is 1. The quantitative estimate of drug-likeness (QED) is 0.785. The SMILES string of the molecule is CC(C)COC(=O)N1CCCN(C(C)C(=O)Nc2cccc(Cl)c2Cl)CC1. The fourth-order valence-corrected chi connectivity index (χ4v) is 3.19. The van der Waals surface area contributed by atoms with Crippen molar-refractivity contribution >= 4 is 40.9 Å². The molecule has 27 heavy (non-hydrogen) atoms. The average Bonchev–Trinajstić information content (AvgIpc) is 2.89. The Morgan fingerprint density at radius 2 is 1.89 bits per heavy atom. The normalized spacial score (nSPS) is 16.7. The van der Waals surface area contributed by atoms with E-state index in [-0.39, 0.29) is 18.0 Å². The molecule has 0 spiro atoms. The van der Waals surface area contributed by atoms with Crippen LogP contribution in [-0.4, -0.2) is 60.6 Å². The van der Waals surface area contributed by atoms with Crippen LogP contribution in [0.5, 0.6) is 0 Å². The molecular formula is C19H27Cl2N3O3. The Labute approximate surface area is 170 Å². The number of carbonyl (C=O) groups is 2. The number of rotatable bonds is 5. The van der Waals surface area contributed by atoms with Gasteiger partial charge >= 0.3 is 6.09 Å². The van der Waals surface area contributed by atoms with E-state index in [1.807, 2.05) is 20.8 Å². The molecule has 1 atom stereocenters. The predicted octanol–water partition coefficient (Wildman–Crippen LogP) is 4.12. The smallest absolute Gasteiger partial charge is 0.409 e. The summed E-state index contributed by atoms with van der Waals surface area (Å²) in [7, 11) is 0. The molecule has 0 saturated carbocycles. The lowest BCUT2D eigenvalue weighted by Crippen LogP contribution is -2.44. The molecule has 2 amide bonds. The van der Waals surface area contributed by atoms with Crippen LogP contribution in [0.4, 0.5) is 10.5 Å². The molecule has 1 N–H and O–H groups in total. The predicted molar refractivity (Wildman–Crippen MR) is 109 cm³/mol. The molecule has 0 radical (unpaired) electrons. The number of amides is 2. The summed E-state index contributed by atoms with van der Waals surface area (Å²) in [6.45, 7) is 8.77. The molecule has 6 nitrogen and oxygen atoms in total. The number of hydrogen-bond acceptors (Lipinski definition) is 4. The maximum absolute atomic E-state index is 12.6. The zero-order valence-corrected chi connectivity index (χ0v) is 17.5. The van der Waals surface area contributed by atoms with E-state index >= 15 is 0 Å². The van der Waals surface area contributed by atoms with E-state index < -0.39 is 0 Å². The van der Waals surface area contributed by atoms with Crippen molar-refractivity contribution in [3.8, 4) is 0 Å². The van der Waals surface area contributed by atoms with Crippen LogP contribution < -0.4 is 5.32 Å². The Bertz CT molecular complexity index is 670. The van der Waals surface area contributed by atoms with E-state index in [4.69, 9.17) is 27.9 Å². The molecule has 1 aliphatic heterocycles. The molecule has 1 fully saturated rings. The molecule has 1 aliphatic rings. The first-order chi connectivity index (χ1) is 12.8. The zero-order chi connectivity index (χ0) is 20.0. The number of benzene rings is 1. The Morgan fingerprint density at radius 3 is 2.59 bits per heavy atom. The van der Waals surface area contributed by atoms with Crippen molar-refractivity contribution in [2.45, 2.75) is 33.2 Å². The molecular weight excluding hydrogens is 389 g/mol. The molecule has 0 aromatic heterocycles. The van der Waals surface area contributed by atoms with E-state index in [1.54, 1.807) is 23.1 Å². The van der Waals surface area contributed by atoms with Crippen LogP contribution in [0.3, 0.4) is 0 Å². The Balaban J connectivity index is 1.91. The molecule has 1 unspecified atom stereocenters. The highest BCUT2D eigenvalue weighted by atomic mass is 35.5. The fraction of sp³-hybridized carbons (Fsp3) is 0.579. The van der Waals surface area contributed by atoms with Gasteiger partial charge in [-0.1, -0.05) is 43.1 Å². The van der Waals surface area contributed by atoms with Gasteiger partial charge in [0, 0.05) is 26.2 Å². The van der Waals surface area contributed by atoms with Crippen LogP contribution in [-0.2, 0) is 9.53 Å². The van der Waals surface area contributed by atoms with Crippen molar-refractivity contribution in [2.24, 2.45) is 5.92 Å². The number of nitrogens with one attached hydrogen (secondary N) is 1. The number of anilines is 1. The Morgan fingerprint density at radius 1 is 1.15 bits per heavy atom. The number of nitrogens with zero attached hydrogens (tertiary/aromatic N) is 2. The second-order valence-corrected chi connectivity index (χ2v) is 7.90. The summed E-state index contributed by atoms with van der Waals surface area (Å²) >= 11 is 12.1. The lowest BCUT2D eigenvalue weighted by atomic mass is 10.2. The zero-order valence-electron chi connectivity index (χ0n) is 16.0. The first-order valence-electron chi connectivity index (χ1n) is 9.20. The highest BCUT2D eigenvalue weighted by Crippen LogP contribution is 2.29. The van der Waals surface area contributed by atoms with Crippen LogP contribution in [0.25, 0.3) is 0 Å². The molecule has 1 aromatic carbocycles. The minimum atomic E-state index is -0.355. The van der Waals surface area contributed by atoms with Gasteiger partial charge in [-0.15, -0.1) is 0 Å². The van der Waals surface area contributed by atoms with Gasteiger partial charge in [-0.2, -0.15) is 0 Å². The van der Waals surface area contributed by atoms with E-state index in [0.717, 1.165) is 13.0 Å². The van der Waals surface area contributed by atoms with E-state index in [0.29, 0.717) is 47.9 Å². The lowest BCUT2D eigenvalue weighted by Gasteiger charge is -2.27. The monoisotopic (exact) mass is 415 g/mol. The highest BCUT2D eigenvalue weighted by Gasteiger charge is 2.26. The Hall–Kier alpha value is -1.50. The van der Waals surface area contributed by atoms with Crippen molar-refractivity contribution in [2.75, 3.05) is 38.1 Å². The van der Waals surface area contributed by atoms with Crippen molar-refractivity contribution in [1.82, 2.24) is 9.80 Å². The molecule has 0 aliphatic carbocycles. The molecule has 1 heterocycles. The average molecular weight is 416 g/mol. The molecule has 8 heteroatoms. The largest absolute Gasteiger partial charge is 0.449 e. The van der Waals surface area contributed by atoms with E-state index in [9.17, 15) is 9.59 Å². The topological polar surface area (TPSA) is 61.9 Å². The van der Waals surface area contributed by atoms with Crippen LogP contribution in [0, 0.1) is 5.92 Å². The summed E-state index contributed by atoms with van der Waals surface area (Å²) in [6.07, 6.45) is 0.500. The molecule has 0 bridgehead atoms. The van der Waals surface area contributed by atoms with Gasteiger partial charge in [0.05, 0.1) is 28.4 Å². The minimum absolute atomic E-state index is 0.157. The maximum atomic E-state index is 12.6. The van der Waals surface area contributed by atoms with Crippen molar-refractivity contribution in [3.05, 3.63) is 28.2 Å². The molecule has 1 saturated heterocycles. The van der Waals surface area contributed by atoms with Crippen LogP contribution in [0.15, 0.2) is 18.2 Å². The summed E-state index contributed by atoms with van der Waals surface area (Å²) < 4.78 is 5.31. The van der Waals surface area contributed by atoms with Gasteiger partial charge in [-0.25, -0.2) is 4.79 Å². The first kappa shape index (κ1) is 21.8. The van der Waals surface area contributed by atoms with Gasteiger partial charge in [0.25, 0.3) is 0 Å². The van der Waals surface area contributed by atoms with Gasteiger partial charge in [0.1, 0.15) is 0 Å². The summed E-state index contributed by atoms with van der Waals surface area (Å²) in [6, 6.07) is 4.77. The summed E-state index contributed by atoms with van der Waals surface area (Å²) in [4.78, 5) is 28.5. The van der Waals surface area contributed by atoms with Gasteiger partial charge < -0.3 is 15.0 Å². The fourth-order valence-electron chi connectivity index (χ4n) is 2.84. The van der Waals surface area contributed by atoms with Gasteiger partial charge in [0.2, 0.25) is 5.91 Å². The minimum Gasteiger partial charge on any atom is -0.449 e. The van der Waals surface area contributed by atoms with E-state index in [2.05, 4.69) is 10.2 Å². The van der Waals surface area contributed by atoms with Gasteiger partial charge in [0.15, 0.2) is 0 Å². The number of halogens is 2.